The maximum Gasteiger partial charge on any atom is 0.213 e. The van der Waals surface area contributed by atoms with E-state index in [4.69, 9.17) is 4.74 Å². The van der Waals surface area contributed by atoms with Crippen LogP contribution < -0.4 is 4.74 Å². The summed E-state index contributed by atoms with van der Waals surface area (Å²) in [4.78, 5) is 14.6. The molecule has 1 N–H and O–H groups in total. The molecule has 0 aromatic carbocycles. The highest BCUT2D eigenvalue weighted by Gasteiger charge is 2.30. The molecule has 120 valence electrons. The van der Waals surface area contributed by atoms with E-state index in [1.54, 1.807) is 4.68 Å². The summed E-state index contributed by atoms with van der Waals surface area (Å²) in [5.41, 5.74) is 0.360. The molecule has 0 saturated carbocycles. The van der Waals surface area contributed by atoms with Crippen LogP contribution in [0.2, 0.25) is 0 Å². The Hall–Kier alpha value is -1.40. The van der Waals surface area contributed by atoms with Gasteiger partial charge in [-0.3, -0.25) is 9.48 Å². The number of rotatable bonds is 9. The summed E-state index contributed by atoms with van der Waals surface area (Å²) < 4.78 is 6.84. The zero-order valence-corrected chi connectivity index (χ0v) is 13.7. The van der Waals surface area contributed by atoms with E-state index in [2.05, 4.69) is 5.10 Å². The van der Waals surface area contributed by atoms with Gasteiger partial charge in [-0.2, -0.15) is 5.10 Å². The van der Waals surface area contributed by atoms with Crippen molar-refractivity contribution < 1.29 is 14.6 Å². The third-order valence-electron chi connectivity index (χ3n) is 3.78. The number of hydrogen-bond acceptors (Lipinski definition) is 5. The maximum absolute atomic E-state index is 12.6. The fourth-order valence-electron chi connectivity index (χ4n) is 2.32. The Kier molecular flexibility index (Phi) is 6.84. The summed E-state index contributed by atoms with van der Waals surface area (Å²) in [6.45, 7) is 5.29. The first-order chi connectivity index (χ1) is 9.96. The number of hydrogen-bond donors (Lipinski definition) is 1. The summed E-state index contributed by atoms with van der Waals surface area (Å²) in [6, 6.07) is 0. The number of carbonyl (C=O) groups excluding carboxylic acids is 1. The van der Waals surface area contributed by atoms with Gasteiger partial charge in [0.2, 0.25) is 5.78 Å². The van der Waals surface area contributed by atoms with Gasteiger partial charge in [0.1, 0.15) is 11.8 Å². The molecule has 0 saturated heterocycles. The van der Waals surface area contributed by atoms with Crippen molar-refractivity contribution in [3.63, 3.8) is 0 Å². The first-order valence-electron chi connectivity index (χ1n) is 7.42. The number of aliphatic hydroxyl groups is 1. The number of carbonyl (C=O) groups is 1. The van der Waals surface area contributed by atoms with E-state index in [0.29, 0.717) is 18.0 Å². The minimum absolute atomic E-state index is 0.0422. The molecule has 1 aromatic rings. The Morgan fingerprint density at radius 3 is 2.52 bits per heavy atom. The minimum Gasteiger partial charge on any atom is -0.493 e. The zero-order valence-electron chi connectivity index (χ0n) is 13.7. The largest absolute Gasteiger partial charge is 0.493 e. The van der Waals surface area contributed by atoms with Crippen LogP contribution in [0.25, 0.3) is 0 Å². The van der Waals surface area contributed by atoms with Gasteiger partial charge in [-0.05, 0) is 20.0 Å². The molecule has 0 aliphatic carbocycles. The quantitative estimate of drug-likeness (QED) is 0.698. The van der Waals surface area contributed by atoms with Gasteiger partial charge in [-0.15, -0.1) is 0 Å². The fraction of sp³-hybridized carbons (Fsp3) is 0.733. The van der Waals surface area contributed by atoms with Gasteiger partial charge in [0.15, 0.2) is 5.75 Å². The van der Waals surface area contributed by atoms with Crippen LogP contribution in [-0.4, -0.2) is 59.4 Å². The predicted molar refractivity (Wildman–Crippen MR) is 81.7 cm³/mol. The molecular formula is C15H27N3O3. The van der Waals surface area contributed by atoms with Gasteiger partial charge in [0, 0.05) is 6.54 Å². The lowest BCUT2D eigenvalue weighted by atomic mass is 9.92. The van der Waals surface area contributed by atoms with E-state index in [1.165, 1.54) is 13.3 Å². The van der Waals surface area contributed by atoms with Crippen LogP contribution >= 0.6 is 0 Å². The third kappa shape index (κ3) is 4.28. The molecule has 6 heteroatoms. The molecule has 0 aliphatic rings. The second kappa shape index (κ2) is 8.14. The number of aromatic nitrogens is 2. The molecule has 1 rings (SSSR count). The van der Waals surface area contributed by atoms with Crippen LogP contribution in [0.4, 0.5) is 0 Å². The van der Waals surface area contributed by atoms with Gasteiger partial charge < -0.3 is 14.7 Å². The van der Waals surface area contributed by atoms with E-state index < -0.39 is 6.10 Å². The lowest BCUT2D eigenvalue weighted by Gasteiger charge is -2.20. The number of ketones is 1. The van der Waals surface area contributed by atoms with Crippen molar-refractivity contribution in [1.29, 1.82) is 0 Å². The molecule has 1 aromatic heterocycles. The molecular weight excluding hydrogens is 270 g/mol. The number of methoxy groups -OCH3 is 1. The van der Waals surface area contributed by atoms with E-state index >= 15 is 0 Å². The number of ether oxygens (including phenoxy) is 1. The second-order valence-electron chi connectivity index (χ2n) is 5.47. The van der Waals surface area contributed by atoms with Crippen molar-refractivity contribution in [2.24, 2.45) is 5.92 Å². The predicted octanol–water partition coefficient (Wildman–Crippen LogP) is 1.43. The Balaban J connectivity index is 3.02. The van der Waals surface area contributed by atoms with E-state index in [9.17, 15) is 9.90 Å². The molecule has 1 atom stereocenters. The molecule has 0 spiro atoms. The summed E-state index contributed by atoms with van der Waals surface area (Å²) in [5, 5.41) is 14.5. The smallest absolute Gasteiger partial charge is 0.213 e. The zero-order chi connectivity index (χ0) is 16.0. The highest BCUT2D eigenvalue weighted by molar-refractivity contribution is 6.00. The normalized spacial score (nSPS) is 13.0. The average molecular weight is 297 g/mol. The first-order valence-corrected chi connectivity index (χ1v) is 7.42. The van der Waals surface area contributed by atoms with Crippen molar-refractivity contribution >= 4 is 5.78 Å². The standard InChI is InChI=1S/C15H27N3O3/c1-6-11(7-2)14(19)15(20)13-12(21-5)10-16-18(13)9-8-17(3)4/h10-11,14,19H,6-9H2,1-5H3. The van der Waals surface area contributed by atoms with Crippen LogP contribution in [0.1, 0.15) is 37.2 Å². The number of nitrogens with zero attached hydrogens (tertiary/aromatic N) is 3. The molecule has 1 unspecified atom stereocenters. The highest BCUT2D eigenvalue weighted by atomic mass is 16.5. The van der Waals surface area contributed by atoms with Crippen molar-refractivity contribution in [3.8, 4) is 5.75 Å². The monoisotopic (exact) mass is 297 g/mol. The van der Waals surface area contributed by atoms with Crippen molar-refractivity contribution in [2.75, 3.05) is 27.7 Å². The molecule has 21 heavy (non-hydrogen) atoms. The van der Waals surface area contributed by atoms with Gasteiger partial charge in [-0.25, -0.2) is 0 Å². The van der Waals surface area contributed by atoms with Crippen molar-refractivity contribution in [3.05, 3.63) is 11.9 Å². The molecule has 0 aliphatic heterocycles. The van der Waals surface area contributed by atoms with Crippen molar-refractivity contribution in [2.45, 2.75) is 39.3 Å². The molecule has 0 bridgehead atoms. The van der Waals surface area contributed by atoms with E-state index in [1.807, 2.05) is 32.8 Å². The SMILES string of the molecule is CCC(CC)C(O)C(=O)c1c(OC)cnn1CCN(C)C. The van der Waals surface area contributed by atoms with Gasteiger partial charge in [-0.1, -0.05) is 26.7 Å². The number of aliphatic hydroxyl groups excluding tert-OH is 1. The summed E-state index contributed by atoms with van der Waals surface area (Å²) in [7, 11) is 5.43. The van der Waals surface area contributed by atoms with Gasteiger partial charge in [0.25, 0.3) is 0 Å². The fourth-order valence-corrected chi connectivity index (χ4v) is 2.32. The molecule has 0 amide bonds. The minimum atomic E-state index is -1.01. The average Bonchev–Trinajstić information content (AvgIpc) is 2.88. The van der Waals surface area contributed by atoms with Crippen LogP contribution in [0.5, 0.6) is 5.75 Å². The maximum atomic E-state index is 12.6. The Bertz CT molecular complexity index is 453. The van der Waals surface area contributed by atoms with Crippen molar-refractivity contribution in [1.82, 2.24) is 14.7 Å². The first kappa shape index (κ1) is 17.7. The Morgan fingerprint density at radius 1 is 1.43 bits per heavy atom. The van der Waals surface area contributed by atoms with Gasteiger partial charge >= 0.3 is 0 Å². The topological polar surface area (TPSA) is 67.6 Å². The second-order valence-corrected chi connectivity index (χ2v) is 5.47. The van der Waals surface area contributed by atoms with Gasteiger partial charge in [0.05, 0.1) is 19.9 Å². The highest BCUT2D eigenvalue weighted by Crippen LogP contribution is 2.23. The van der Waals surface area contributed by atoms with E-state index in [-0.39, 0.29) is 11.7 Å². The summed E-state index contributed by atoms with van der Waals surface area (Å²) >= 11 is 0. The number of likely N-dealkylation sites (N-methyl/N-ethyl adjacent to an activating group) is 1. The van der Waals surface area contributed by atoms with Crippen LogP contribution in [-0.2, 0) is 6.54 Å². The summed E-state index contributed by atoms with van der Waals surface area (Å²) in [5.74, 6) is 0.0694. The molecule has 1 heterocycles. The molecule has 0 fully saturated rings. The molecule has 6 nitrogen and oxygen atoms in total. The third-order valence-corrected chi connectivity index (χ3v) is 3.78. The lowest BCUT2D eigenvalue weighted by Crippen LogP contribution is -2.32. The van der Waals surface area contributed by atoms with Crippen LogP contribution in [0.15, 0.2) is 6.20 Å². The van der Waals surface area contributed by atoms with E-state index in [0.717, 1.165) is 19.4 Å². The summed E-state index contributed by atoms with van der Waals surface area (Å²) in [6.07, 6.45) is 2.04. The lowest BCUT2D eigenvalue weighted by molar-refractivity contribution is 0.0573. The van der Waals surface area contributed by atoms with Crippen LogP contribution in [0, 0.1) is 5.92 Å². The molecule has 0 radical (unpaired) electrons. The Morgan fingerprint density at radius 2 is 2.05 bits per heavy atom. The van der Waals surface area contributed by atoms with Crippen LogP contribution in [0.3, 0.4) is 0 Å². The Labute approximate surface area is 126 Å². The number of Topliss-reactive ketones (excluding diaryl/α,β-unsaturated/α-hetero) is 1.